The monoisotopic (exact) mass is 396 g/mol. The van der Waals surface area contributed by atoms with Crippen LogP contribution in [-0.2, 0) is 0 Å². The van der Waals surface area contributed by atoms with Crippen LogP contribution in [0.1, 0.15) is 49.9 Å². The fourth-order valence-corrected chi connectivity index (χ4v) is 3.98. The lowest BCUT2D eigenvalue weighted by atomic mass is 9.87. The highest BCUT2D eigenvalue weighted by Gasteiger charge is 2.14. The number of hydrogen-bond donors (Lipinski definition) is 1. The zero-order chi connectivity index (χ0) is 18.6. The van der Waals surface area contributed by atoms with Gasteiger partial charge in [-0.2, -0.15) is 5.26 Å². The molecular formula is C22H25ClN4O. The number of ether oxygens (including phenoxy) is 1. The normalized spacial score (nSPS) is 14.4. The molecule has 6 heteroatoms. The van der Waals surface area contributed by atoms with Gasteiger partial charge in [0.15, 0.2) is 0 Å². The summed E-state index contributed by atoms with van der Waals surface area (Å²) in [6, 6.07) is 10.1. The van der Waals surface area contributed by atoms with Gasteiger partial charge in [0.2, 0.25) is 5.82 Å². The molecule has 1 fully saturated rings. The Balaban J connectivity index is 0.00000225. The largest absolute Gasteiger partial charge is 0.493 e. The van der Waals surface area contributed by atoms with E-state index in [1.807, 2.05) is 30.5 Å². The first kappa shape index (κ1) is 20.2. The number of aryl methyl sites for hydroxylation is 1. The Morgan fingerprint density at radius 1 is 1.18 bits per heavy atom. The molecule has 0 atom stereocenters. The average Bonchev–Trinajstić information content (AvgIpc) is 3.18. The number of aromatic amines is 1. The summed E-state index contributed by atoms with van der Waals surface area (Å²) in [5.74, 6) is 1.92. The van der Waals surface area contributed by atoms with Crippen molar-refractivity contribution in [2.75, 3.05) is 6.61 Å². The second-order valence-corrected chi connectivity index (χ2v) is 7.37. The zero-order valence-corrected chi connectivity index (χ0v) is 16.9. The molecule has 3 aromatic rings. The summed E-state index contributed by atoms with van der Waals surface area (Å²) in [7, 11) is 0. The summed E-state index contributed by atoms with van der Waals surface area (Å²) >= 11 is 0. The van der Waals surface area contributed by atoms with Gasteiger partial charge >= 0.3 is 0 Å². The van der Waals surface area contributed by atoms with Crippen LogP contribution in [0.15, 0.2) is 30.5 Å². The van der Waals surface area contributed by atoms with Gasteiger partial charge in [-0.3, -0.25) is 0 Å². The topological polar surface area (TPSA) is 74.6 Å². The lowest BCUT2D eigenvalue weighted by molar-refractivity contribution is 0.245. The lowest BCUT2D eigenvalue weighted by Crippen LogP contribution is -2.11. The van der Waals surface area contributed by atoms with Crippen LogP contribution in [-0.4, -0.2) is 21.6 Å². The van der Waals surface area contributed by atoms with Crippen molar-refractivity contribution in [2.45, 2.75) is 45.4 Å². The third-order valence-electron chi connectivity index (χ3n) is 5.47. The summed E-state index contributed by atoms with van der Waals surface area (Å²) in [6.45, 7) is 2.83. The van der Waals surface area contributed by atoms with E-state index in [2.05, 4.69) is 27.9 Å². The minimum absolute atomic E-state index is 0. The summed E-state index contributed by atoms with van der Waals surface area (Å²) < 4.78 is 6.06. The van der Waals surface area contributed by atoms with Crippen molar-refractivity contribution in [3.05, 3.63) is 41.9 Å². The van der Waals surface area contributed by atoms with Crippen molar-refractivity contribution in [3.63, 3.8) is 0 Å². The highest BCUT2D eigenvalue weighted by Crippen LogP contribution is 2.30. The summed E-state index contributed by atoms with van der Waals surface area (Å²) in [5.41, 5.74) is 3.50. The average molecular weight is 397 g/mol. The molecule has 0 aliphatic heterocycles. The SMILES string of the molecule is Cc1cc(-c2nc(C#N)nc3[nH]ccc23)ccc1OCCC1CCCCC1.Cl. The van der Waals surface area contributed by atoms with E-state index in [1.165, 1.54) is 32.1 Å². The van der Waals surface area contributed by atoms with Crippen LogP contribution in [0.2, 0.25) is 0 Å². The van der Waals surface area contributed by atoms with Gasteiger partial charge in [0.1, 0.15) is 17.5 Å². The van der Waals surface area contributed by atoms with Crippen molar-refractivity contribution in [1.29, 1.82) is 5.26 Å². The van der Waals surface area contributed by atoms with E-state index >= 15 is 0 Å². The van der Waals surface area contributed by atoms with Gasteiger partial charge in [0, 0.05) is 17.1 Å². The first-order valence-electron chi connectivity index (χ1n) is 9.73. The number of nitrogens with zero attached hydrogens (tertiary/aromatic N) is 3. The van der Waals surface area contributed by atoms with E-state index in [4.69, 9.17) is 4.74 Å². The van der Waals surface area contributed by atoms with Crippen LogP contribution in [0, 0.1) is 24.2 Å². The Bertz CT molecular complexity index is 986. The highest BCUT2D eigenvalue weighted by atomic mass is 35.5. The smallest absolute Gasteiger partial charge is 0.234 e. The van der Waals surface area contributed by atoms with E-state index in [1.54, 1.807) is 0 Å². The predicted octanol–water partition coefficient (Wildman–Crippen LogP) is 5.58. The molecule has 0 amide bonds. The number of aromatic nitrogens is 3. The standard InChI is InChI=1S/C22H24N4O.ClH/c1-15-13-17(21-18-9-11-24-22(18)26-20(14-23)25-21)7-8-19(15)27-12-10-16-5-3-2-4-6-16;/h7-9,11,13,16H,2-6,10,12H2,1H3,(H,24,25,26);1H. The molecule has 4 rings (SSSR count). The van der Waals surface area contributed by atoms with Crippen LogP contribution in [0.5, 0.6) is 5.75 Å². The van der Waals surface area contributed by atoms with Crippen molar-refractivity contribution in [2.24, 2.45) is 5.92 Å². The number of benzene rings is 1. The molecular weight excluding hydrogens is 372 g/mol. The Morgan fingerprint density at radius 2 is 2.00 bits per heavy atom. The second kappa shape index (κ2) is 9.07. The number of rotatable bonds is 5. The van der Waals surface area contributed by atoms with Crippen LogP contribution in [0.25, 0.3) is 22.3 Å². The predicted molar refractivity (Wildman–Crippen MR) is 113 cm³/mol. The van der Waals surface area contributed by atoms with Crippen LogP contribution < -0.4 is 4.74 Å². The van der Waals surface area contributed by atoms with E-state index < -0.39 is 0 Å². The third-order valence-corrected chi connectivity index (χ3v) is 5.47. The molecule has 0 radical (unpaired) electrons. The maximum atomic E-state index is 9.20. The minimum atomic E-state index is 0. The van der Waals surface area contributed by atoms with Gasteiger partial charge in [0.05, 0.1) is 12.3 Å². The molecule has 5 nitrogen and oxygen atoms in total. The summed E-state index contributed by atoms with van der Waals surface area (Å²) in [6.07, 6.45) is 9.79. The van der Waals surface area contributed by atoms with Gasteiger partial charge in [-0.05, 0) is 49.1 Å². The highest BCUT2D eigenvalue weighted by molar-refractivity contribution is 5.91. The van der Waals surface area contributed by atoms with Gasteiger partial charge in [-0.15, -0.1) is 12.4 Å². The molecule has 1 saturated carbocycles. The van der Waals surface area contributed by atoms with Crippen LogP contribution in [0.4, 0.5) is 0 Å². The maximum Gasteiger partial charge on any atom is 0.234 e. The van der Waals surface area contributed by atoms with Crippen molar-refractivity contribution >= 4 is 23.4 Å². The molecule has 146 valence electrons. The van der Waals surface area contributed by atoms with E-state index in [0.29, 0.717) is 5.65 Å². The minimum Gasteiger partial charge on any atom is -0.493 e. The molecule has 0 unspecified atom stereocenters. The van der Waals surface area contributed by atoms with Gasteiger partial charge in [0.25, 0.3) is 0 Å². The maximum absolute atomic E-state index is 9.20. The Morgan fingerprint density at radius 3 is 2.75 bits per heavy atom. The Labute approximate surface area is 171 Å². The number of nitriles is 1. The van der Waals surface area contributed by atoms with E-state index in [-0.39, 0.29) is 18.2 Å². The fraction of sp³-hybridized carbons (Fsp3) is 0.409. The molecule has 0 bridgehead atoms. The van der Waals surface area contributed by atoms with Gasteiger partial charge in [-0.1, -0.05) is 32.1 Å². The quantitative estimate of drug-likeness (QED) is 0.611. The van der Waals surface area contributed by atoms with Crippen LogP contribution in [0.3, 0.4) is 0 Å². The molecule has 2 heterocycles. The number of halogens is 1. The van der Waals surface area contributed by atoms with Gasteiger partial charge < -0.3 is 9.72 Å². The molecule has 1 aromatic carbocycles. The molecule has 1 aliphatic rings. The Kier molecular flexibility index (Phi) is 6.53. The summed E-state index contributed by atoms with van der Waals surface area (Å²) in [5, 5.41) is 10.1. The summed E-state index contributed by atoms with van der Waals surface area (Å²) in [4.78, 5) is 11.7. The van der Waals surface area contributed by atoms with E-state index in [9.17, 15) is 5.26 Å². The molecule has 28 heavy (non-hydrogen) atoms. The number of hydrogen-bond acceptors (Lipinski definition) is 4. The zero-order valence-electron chi connectivity index (χ0n) is 16.1. The molecule has 1 N–H and O–H groups in total. The number of nitrogens with one attached hydrogen (secondary N) is 1. The number of fused-ring (bicyclic) bond motifs is 1. The Hall–Kier alpha value is -2.58. The van der Waals surface area contributed by atoms with Crippen LogP contribution >= 0.6 is 12.4 Å². The lowest BCUT2D eigenvalue weighted by Gasteiger charge is -2.21. The molecule has 0 spiro atoms. The van der Waals surface area contributed by atoms with Gasteiger partial charge in [-0.25, -0.2) is 9.97 Å². The fourth-order valence-electron chi connectivity index (χ4n) is 3.98. The second-order valence-electron chi connectivity index (χ2n) is 7.37. The first-order chi connectivity index (χ1) is 13.2. The third kappa shape index (κ3) is 4.28. The molecule has 0 saturated heterocycles. The van der Waals surface area contributed by atoms with Crippen molar-refractivity contribution in [1.82, 2.24) is 15.0 Å². The van der Waals surface area contributed by atoms with E-state index in [0.717, 1.165) is 46.9 Å². The molecule has 1 aliphatic carbocycles. The van der Waals surface area contributed by atoms with Crippen molar-refractivity contribution in [3.8, 4) is 23.1 Å². The molecule has 2 aromatic heterocycles. The first-order valence-corrected chi connectivity index (χ1v) is 9.73. The van der Waals surface area contributed by atoms with Crippen molar-refractivity contribution < 1.29 is 4.74 Å². The number of H-pyrrole nitrogens is 1.